The Morgan fingerprint density at radius 1 is 1.57 bits per heavy atom. The molecule has 78 valence electrons. The third kappa shape index (κ3) is 3.08. The smallest absolute Gasteiger partial charge is 0.414 e. The van der Waals surface area contributed by atoms with Crippen LogP contribution in [0.4, 0.5) is 10.7 Å². The fraction of sp³-hybridized carbons (Fsp3) is 0.556. The van der Waals surface area contributed by atoms with Gasteiger partial charge in [0.05, 0.1) is 0 Å². The van der Waals surface area contributed by atoms with Crippen LogP contribution in [0.3, 0.4) is 0 Å². The fourth-order valence-corrected chi connectivity index (χ4v) is 0.818. The van der Waals surface area contributed by atoms with Crippen LogP contribution in [0.5, 0.6) is 0 Å². The molecule has 0 aliphatic carbocycles. The average molecular weight is 198 g/mol. The van der Waals surface area contributed by atoms with Crippen molar-refractivity contribution in [2.24, 2.45) is 0 Å². The summed E-state index contributed by atoms with van der Waals surface area (Å²) in [6, 6.07) is 0. The number of nitrogens with one attached hydrogen (secondary N) is 1. The molecule has 0 aliphatic rings. The molecule has 5 heteroatoms. The molecule has 0 fully saturated rings. The zero-order chi connectivity index (χ0) is 10.8. The van der Waals surface area contributed by atoms with Gasteiger partial charge in [-0.25, -0.2) is 9.78 Å². The molecular formula is C9H14N2O3. The molecular weight excluding hydrogens is 184 g/mol. The predicted molar refractivity (Wildman–Crippen MR) is 51.1 cm³/mol. The van der Waals surface area contributed by atoms with E-state index < -0.39 is 11.7 Å². The van der Waals surface area contributed by atoms with E-state index >= 15 is 0 Å². The van der Waals surface area contributed by atoms with Crippen molar-refractivity contribution in [3.63, 3.8) is 0 Å². The van der Waals surface area contributed by atoms with Gasteiger partial charge in [-0.3, -0.25) is 5.32 Å². The van der Waals surface area contributed by atoms with Gasteiger partial charge < -0.3 is 9.15 Å². The van der Waals surface area contributed by atoms with Gasteiger partial charge in [-0.15, -0.1) is 0 Å². The second kappa shape index (κ2) is 3.69. The van der Waals surface area contributed by atoms with Gasteiger partial charge in [0.25, 0.3) is 0 Å². The van der Waals surface area contributed by atoms with Crippen molar-refractivity contribution >= 4 is 12.0 Å². The molecule has 0 spiro atoms. The zero-order valence-corrected chi connectivity index (χ0v) is 8.75. The number of ether oxygens (including phenoxy) is 1. The van der Waals surface area contributed by atoms with Crippen LogP contribution < -0.4 is 5.32 Å². The lowest BCUT2D eigenvalue weighted by molar-refractivity contribution is 0.0632. The first-order valence-corrected chi connectivity index (χ1v) is 4.28. The average Bonchev–Trinajstić information content (AvgIpc) is 2.32. The van der Waals surface area contributed by atoms with Gasteiger partial charge in [-0.05, 0) is 27.7 Å². The highest BCUT2D eigenvalue weighted by Gasteiger charge is 2.17. The lowest BCUT2D eigenvalue weighted by Crippen LogP contribution is -2.27. The number of hydrogen-bond acceptors (Lipinski definition) is 4. The lowest BCUT2D eigenvalue weighted by atomic mass is 10.2. The molecule has 5 nitrogen and oxygen atoms in total. The predicted octanol–water partition coefficient (Wildman–Crippen LogP) is 2.33. The number of oxazole rings is 1. The van der Waals surface area contributed by atoms with E-state index in [1.54, 1.807) is 27.7 Å². The van der Waals surface area contributed by atoms with Crippen LogP contribution in [0, 0.1) is 6.92 Å². The highest BCUT2D eigenvalue weighted by molar-refractivity contribution is 5.83. The van der Waals surface area contributed by atoms with E-state index in [2.05, 4.69) is 10.3 Å². The number of anilines is 1. The normalized spacial score (nSPS) is 11.1. The van der Waals surface area contributed by atoms with Gasteiger partial charge in [-0.2, -0.15) is 0 Å². The maximum absolute atomic E-state index is 11.3. The third-order valence-corrected chi connectivity index (χ3v) is 1.36. The van der Waals surface area contributed by atoms with E-state index in [9.17, 15) is 4.79 Å². The van der Waals surface area contributed by atoms with E-state index in [-0.39, 0.29) is 0 Å². The minimum Gasteiger partial charge on any atom is -0.444 e. The number of aryl methyl sites for hydroxylation is 1. The monoisotopic (exact) mass is 198 g/mol. The van der Waals surface area contributed by atoms with Gasteiger partial charge in [0.2, 0.25) is 5.88 Å². The van der Waals surface area contributed by atoms with Gasteiger partial charge in [0, 0.05) is 0 Å². The first kappa shape index (κ1) is 10.6. The Balaban J connectivity index is 2.54. The Hall–Kier alpha value is -1.52. The maximum Gasteiger partial charge on any atom is 0.414 e. The zero-order valence-electron chi connectivity index (χ0n) is 8.75. The molecule has 0 bridgehead atoms. The van der Waals surface area contributed by atoms with Gasteiger partial charge >= 0.3 is 6.09 Å². The van der Waals surface area contributed by atoms with Crippen LogP contribution >= 0.6 is 0 Å². The molecule has 1 aromatic heterocycles. The molecule has 0 saturated carbocycles. The molecule has 14 heavy (non-hydrogen) atoms. The van der Waals surface area contributed by atoms with Crippen molar-refractivity contribution < 1.29 is 13.9 Å². The van der Waals surface area contributed by atoms with E-state index in [0.29, 0.717) is 11.6 Å². The maximum atomic E-state index is 11.3. The second-order valence-electron chi connectivity index (χ2n) is 3.89. The molecule has 0 saturated heterocycles. The number of aromatic nitrogens is 1. The Kier molecular flexibility index (Phi) is 2.78. The standard InChI is InChI=1S/C9H14N2O3/c1-6-7(13-5-10-6)11-8(12)14-9(2,3)4/h5H,1-4H3,(H,11,12). The van der Waals surface area contributed by atoms with Crippen LogP contribution in [-0.2, 0) is 4.74 Å². The molecule has 1 rings (SSSR count). The largest absolute Gasteiger partial charge is 0.444 e. The molecule has 1 heterocycles. The number of rotatable bonds is 1. The second-order valence-corrected chi connectivity index (χ2v) is 3.89. The number of amides is 1. The molecule has 1 amide bonds. The van der Waals surface area contributed by atoms with E-state index in [4.69, 9.17) is 9.15 Å². The highest BCUT2D eigenvalue weighted by atomic mass is 16.6. The number of carbonyl (C=O) groups is 1. The molecule has 0 aliphatic heterocycles. The van der Waals surface area contributed by atoms with Gasteiger partial charge in [0.1, 0.15) is 11.3 Å². The first-order chi connectivity index (χ1) is 6.38. The molecule has 0 radical (unpaired) electrons. The summed E-state index contributed by atoms with van der Waals surface area (Å²) < 4.78 is 9.95. The Labute approximate surface area is 82.5 Å². The summed E-state index contributed by atoms with van der Waals surface area (Å²) in [5.74, 6) is 0.319. The summed E-state index contributed by atoms with van der Waals surface area (Å²) in [7, 11) is 0. The molecule has 0 unspecified atom stereocenters. The Morgan fingerprint density at radius 2 is 2.21 bits per heavy atom. The van der Waals surface area contributed by atoms with E-state index in [0.717, 1.165) is 0 Å². The SMILES string of the molecule is Cc1ncoc1NC(=O)OC(C)(C)C. The number of hydrogen-bond donors (Lipinski definition) is 1. The van der Waals surface area contributed by atoms with Crippen LogP contribution in [0.25, 0.3) is 0 Å². The van der Waals surface area contributed by atoms with Crippen LogP contribution in [0.2, 0.25) is 0 Å². The summed E-state index contributed by atoms with van der Waals surface area (Å²) in [6.07, 6.45) is 0.722. The van der Waals surface area contributed by atoms with Crippen molar-refractivity contribution in [2.75, 3.05) is 5.32 Å². The third-order valence-electron chi connectivity index (χ3n) is 1.36. The minimum absolute atomic E-state index is 0.319. The topological polar surface area (TPSA) is 64.4 Å². The Bertz CT molecular complexity index is 325. The first-order valence-electron chi connectivity index (χ1n) is 4.28. The number of carbonyl (C=O) groups excluding carboxylic acids is 1. The van der Waals surface area contributed by atoms with E-state index in [1.807, 2.05) is 0 Å². The Morgan fingerprint density at radius 3 is 2.64 bits per heavy atom. The van der Waals surface area contributed by atoms with Crippen LogP contribution in [0.1, 0.15) is 26.5 Å². The summed E-state index contributed by atoms with van der Waals surface area (Å²) in [5, 5.41) is 2.46. The van der Waals surface area contributed by atoms with E-state index in [1.165, 1.54) is 6.39 Å². The van der Waals surface area contributed by atoms with Crippen molar-refractivity contribution in [3.05, 3.63) is 12.1 Å². The lowest BCUT2D eigenvalue weighted by Gasteiger charge is -2.19. The molecule has 1 aromatic rings. The van der Waals surface area contributed by atoms with Crippen LogP contribution in [-0.4, -0.2) is 16.7 Å². The van der Waals surface area contributed by atoms with Crippen molar-refractivity contribution in [1.29, 1.82) is 0 Å². The van der Waals surface area contributed by atoms with Crippen LogP contribution in [0.15, 0.2) is 10.8 Å². The molecule has 0 aromatic carbocycles. The molecule has 1 N–H and O–H groups in total. The van der Waals surface area contributed by atoms with Crippen molar-refractivity contribution in [2.45, 2.75) is 33.3 Å². The quantitative estimate of drug-likeness (QED) is 0.752. The molecule has 0 atom stereocenters. The minimum atomic E-state index is -0.544. The highest BCUT2D eigenvalue weighted by Crippen LogP contribution is 2.14. The summed E-state index contributed by atoms with van der Waals surface area (Å²) >= 11 is 0. The fourth-order valence-electron chi connectivity index (χ4n) is 0.818. The summed E-state index contributed by atoms with van der Waals surface area (Å²) in [4.78, 5) is 15.1. The van der Waals surface area contributed by atoms with Gasteiger partial charge in [0.15, 0.2) is 6.39 Å². The van der Waals surface area contributed by atoms with Crippen molar-refractivity contribution in [3.8, 4) is 0 Å². The van der Waals surface area contributed by atoms with Crippen molar-refractivity contribution in [1.82, 2.24) is 4.98 Å². The summed E-state index contributed by atoms with van der Waals surface area (Å²) in [5.41, 5.74) is 0.105. The summed E-state index contributed by atoms with van der Waals surface area (Å²) in [6.45, 7) is 7.11. The van der Waals surface area contributed by atoms with Gasteiger partial charge in [-0.1, -0.05) is 0 Å². The number of nitrogens with zero attached hydrogens (tertiary/aromatic N) is 1.